The maximum absolute atomic E-state index is 14.0. The van der Waals surface area contributed by atoms with Gasteiger partial charge in [0.2, 0.25) is 5.91 Å². The molecule has 0 aliphatic heterocycles. The molecule has 10 nitrogen and oxygen atoms in total. The fourth-order valence-electron chi connectivity index (χ4n) is 4.86. The van der Waals surface area contributed by atoms with Crippen LogP contribution in [-0.2, 0) is 6.42 Å². The number of halogens is 2. The summed E-state index contributed by atoms with van der Waals surface area (Å²) >= 11 is 0. The molecule has 0 saturated carbocycles. The molecule has 0 aliphatic rings. The number of hydrazine groups is 1. The highest BCUT2D eigenvalue weighted by Gasteiger charge is 2.26. The van der Waals surface area contributed by atoms with E-state index in [1.54, 1.807) is 35.2 Å². The van der Waals surface area contributed by atoms with E-state index in [0.717, 1.165) is 12.1 Å². The summed E-state index contributed by atoms with van der Waals surface area (Å²) in [5, 5.41) is 15.2. The monoisotopic (exact) mass is 623 g/mol. The standard InChI is InChI=1S/C33H39F2N5O5/c1-4-11-40(12-5-2)33(45)25-17-23(30(36)42)16-24(18-25)31(43)37-28(15-21-13-26(34)19-27(35)14-21)29(41)20-39(3)38-32(44)22-9-7-6-8-10-22/h6-10,13-14,16-19,28-29,41H,4-5,11-12,15,20H2,1-3H3,(H2,36,42)(H,37,43)(H,38,44). The third-order valence-corrected chi connectivity index (χ3v) is 6.95. The number of carbonyl (C=O) groups is 4. The van der Waals surface area contributed by atoms with Gasteiger partial charge in [0.1, 0.15) is 11.6 Å². The predicted molar refractivity (Wildman–Crippen MR) is 165 cm³/mol. The maximum Gasteiger partial charge on any atom is 0.265 e. The number of primary amides is 1. The van der Waals surface area contributed by atoms with Crippen LogP contribution < -0.4 is 16.5 Å². The summed E-state index contributed by atoms with van der Waals surface area (Å²) in [5.41, 5.74) is 8.64. The molecule has 0 radical (unpaired) electrons. The van der Waals surface area contributed by atoms with Gasteiger partial charge in [0, 0.05) is 55.0 Å². The first-order valence-electron chi connectivity index (χ1n) is 14.7. The van der Waals surface area contributed by atoms with Gasteiger partial charge in [0.25, 0.3) is 17.7 Å². The summed E-state index contributed by atoms with van der Waals surface area (Å²) < 4.78 is 28.0. The number of hydrogen-bond acceptors (Lipinski definition) is 6. The second-order valence-corrected chi connectivity index (χ2v) is 10.8. The molecule has 4 amide bonds. The van der Waals surface area contributed by atoms with Crippen molar-refractivity contribution in [2.24, 2.45) is 5.73 Å². The van der Waals surface area contributed by atoms with Crippen LogP contribution in [0, 0.1) is 11.6 Å². The van der Waals surface area contributed by atoms with Crippen LogP contribution in [-0.4, -0.2) is 77.5 Å². The normalized spacial score (nSPS) is 12.3. The molecular formula is C33H39F2N5O5. The van der Waals surface area contributed by atoms with E-state index < -0.39 is 41.5 Å². The molecule has 0 bridgehead atoms. The van der Waals surface area contributed by atoms with E-state index in [0.29, 0.717) is 37.6 Å². The Morgan fingerprint density at radius 1 is 0.822 bits per heavy atom. The largest absolute Gasteiger partial charge is 0.390 e. The summed E-state index contributed by atoms with van der Waals surface area (Å²) in [6, 6.07) is 14.0. The molecular weight excluding hydrogens is 584 g/mol. The van der Waals surface area contributed by atoms with Gasteiger partial charge in [0.05, 0.1) is 12.1 Å². The summed E-state index contributed by atoms with van der Waals surface area (Å²) in [6.07, 6.45) is -0.139. The van der Waals surface area contributed by atoms with Crippen LogP contribution in [0.5, 0.6) is 0 Å². The molecule has 0 spiro atoms. The Kier molecular flexibility index (Phi) is 12.7. The fraction of sp³-hybridized carbons (Fsp3) is 0.333. The van der Waals surface area contributed by atoms with Crippen LogP contribution in [0.3, 0.4) is 0 Å². The number of aliphatic hydroxyl groups excluding tert-OH is 1. The highest BCUT2D eigenvalue weighted by molar-refractivity contribution is 6.04. The molecule has 5 N–H and O–H groups in total. The number of nitrogens with zero attached hydrogens (tertiary/aromatic N) is 2. The van der Waals surface area contributed by atoms with Gasteiger partial charge in [-0.2, -0.15) is 0 Å². The highest BCUT2D eigenvalue weighted by atomic mass is 19.1. The lowest BCUT2D eigenvalue weighted by Crippen LogP contribution is -2.52. The van der Waals surface area contributed by atoms with Crippen molar-refractivity contribution in [3.05, 3.63) is 106 Å². The van der Waals surface area contributed by atoms with Crippen molar-refractivity contribution in [1.29, 1.82) is 0 Å². The van der Waals surface area contributed by atoms with Crippen LogP contribution in [0.2, 0.25) is 0 Å². The van der Waals surface area contributed by atoms with E-state index in [-0.39, 0.29) is 41.1 Å². The molecule has 0 heterocycles. The first-order chi connectivity index (χ1) is 21.4. The van der Waals surface area contributed by atoms with Crippen LogP contribution in [0.15, 0.2) is 66.7 Å². The zero-order valence-corrected chi connectivity index (χ0v) is 25.6. The SMILES string of the molecule is CCCN(CCC)C(=O)c1cc(C(N)=O)cc(C(=O)NC(Cc2cc(F)cc(F)c2)C(O)CN(C)NC(=O)c2ccccc2)c1. The third kappa shape index (κ3) is 10.2. The minimum Gasteiger partial charge on any atom is -0.390 e. The number of carbonyl (C=O) groups excluding carboxylic acids is 4. The average molecular weight is 624 g/mol. The lowest BCUT2D eigenvalue weighted by atomic mass is 9.99. The molecule has 0 aliphatic carbocycles. The average Bonchev–Trinajstić information content (AvgIpc) is 2.99. The number of nitrogens with one attached hydrogen (secondary N) is 2. The number of rotatable bonds is 15. The summed E-state index contributed by atoms with van der Waals surface area (Å²) in [7, 11) is 1.51. The lowest BCUT2D eigenvalue weighted by molar-refractivity contribution is 0.0541. The first kappa shape index (κ1) is 34.8. The van der Waals surface area contributed by atoms with Crippen molar-refractivity contribution in [2.45, 2.75) is 45.3 Å². The zero-order valence-electron chi connectivity index (χ0n) is 25.6. The topological polar surface area (TPSA) is 145 Å². The van der Waals surface area contributed by atoms with E-state index in [4.69, 9.17) is 5.73 Å². The van der Waals surface area contributed by atoms with Crippen molar-refractivity contribution in [3.63, 3.8) is 0 Å². The van der Waals surface area contributed by atoms with E-state index in [1.807, 2.05) is 13.8 Å². The van der Waals surface area contributed by atoms with Gasteiger partial charge in [-0.15, -0.1) is 0 Å². The van der Waals surface area contributed by atoms with Crippen molar-refractivity contribution >= 4 is 23.6 Å². The molecule has 240 valence electrons. The Balaban J connectivity index is 1.89. The molecule has 0 aromatic heterocycles. The second kappa shape index (κ2) is 16.4. The number of hydrogen-bond donors (Lipinski definition) is 4. The number of aliphatic hydroxyl groups is 1. The van der Waals surface area contributed by atoms with Crippen molar-refractivity contribution in [1.82, 2.24) is 20.7 Å². The van der Waals surface area contributed by atoms with Crippen LogP contribution >= 0.6 is 0 Å². The highest BCUT2D eigenvalue weighted by Crippen LogP contribution is 2.17. The Morgan fingerprint density at radius 3 is 1.98 bits per heavy atom. The fourth-order valence-corrected chi connectivity index (χ4v) is 4.86. The molecule has 3 rings (SSSR count). The smallest absolute Gasteiger partial charge is 0.265 e. The summed E-state index contributed by atoms with van der Waals surface area (Å²) in [5.74, 6) is -4.09. The van der Waals surface area contributed by atoms with E-state index >= 15 is 0 Å². The van der Waals surface area contributed by atoms with Gasteiger partial charge in [0.15, 0.2) is 0 Å². The van der Waals surface area contributed by atoms with E-state index in [1.165, 1.54) is 30.3 Å². The van der Waals surface area contributed by atoms with Gasteiger partial charge in [-0.05, 0) is 67.3 Å². The molecule has 45 heavy (non-hydrogen) atoms. The van der Waals surface area contributed by atoms with Crippen molar-refractivity contribution in [3.8, 4) is 0 Å². The quantitative estimate of drug-likeness (QED) is 0.191. The lowest BCUT2D eigenvalue weighted by Gasteiger charge is -2.28. The Hall–Kier alpha value is -4.68. The number of nitrogens with two attached hydrogens (primary N) is 1. The van der Waals surface area contributed by atoms with E-state index in [2.05, 4.69) is 10.7 Å². The van der Waals surface area contributed by atoms with Crippen LogP contribution in [0.1, 0.15) is 73.7 Å². The minimum absolute atomic E-state index is 0.0633. The molecule has 2 unspecified atom stereocenters. The third-order valence-electron chi connectivity index (χ3n) is 6.95. The molecule has 12 heteroatoms. The van der Waals surface area contributed by atoms with Gasteiger partial charge in [-0.1, -0.05) is 32.0 Å². The summed E-state index contributed by atoms with van der Waals surface area (Å²) in [4.78, 5) is 53.2. The van der Waals surface area contributed by atoms with Gasteiger partial charge < -0.3 is 21.1 Å². The Morgan fingerprint density at radius 2 is 1.40 bits per heavy atom. The zero-order chi connectivity index (χ0) is 33.1. The van der Waals surface area contributed by atoms with Gasteiger partial charge in [-0.3, -0.25) is 24.6 Å². The van der Waals surface area contributed by atoms with Crippen molar-refractivity contribution in [2.75, 3.05) is 26.7 Å². The predicted octanol–water partition coefficient (Wildman–Crippen LogP) is 3.30. The first-order valence-corrected chi connectivity index (χ1v) is 14.7. The Labute approximate surface area is 261 Å². The molecule has 3 aromatic carbocycles. The molecule has 0 fully saturated rings. The molecule has 0 saturated heterocycles. The molecule has 2 atom stereocenters. The van der Waals surface area contributed by atoms with E-state index in [9.17, 15) is 33.1 Å². The van der Waals surface area contributed by atoms with Gasteiger partial charge in [-0.25, -0.2) is 13.8 Å². The number of likely N-dealkylation sites (N-methyl/N-ethyl adjacent to an activating group) is 1. The van der Waals surface area contributed by atoms with Crippen LogP contribution in [0.4, 0.5) is 8.78 Å². The summed E-state index contributed by atoms with van der Waals surface area (Å²) in [6.45, 7) is 4.61. The van der Waals surface area contributed by atoms with Crippen molar-refractivity contribution < 1.29 is 33.1 Å². The minimum atomic E-state index is -1.36. The second-order valence-electron chi connectivity index (χ2n) is 10.8. The van der Waals surface area contributed by atoms with Crippen LogP contribution in [0.25, 0.3) is 0 Å². The van der Waals surface area contributed by atoms with Gasteiger partial charge >= 0.3 is 0 Å². The maximum atomic E-state index is 14.0. The number of benzene rings is 3. The molecule has 3 aromatic rings. The number of amides is 4. The Bertz CT molecular complexity index is 1480.